The second-order valence-corrected chi connectivity index (χ2v) is 7.14. The van der Waals surface area contributed by atoms with E-state index in [1.165, 1.54) is 22.0 Å². The fraction of sp³-hybridized carbons (Fsp3) is 0.348. The minimum absolute atomic E-state index is 0.205. The molecule has 3 aromatic rings. The average molecular weight is 333 g/mol. The number of fused-ring (bicyclic) bond motifs is 1. The molecule has 0 fully saturated rings. The Labute approximate surface area is 150 Å². The average Bonchev–Trinajstić information content (AvgIpc) is 2.94. The zero-order chi connectivity index (χ0) is 18.0. The highest BCUT2D eigenvalue weighted by atomic mass is 16.1. The van der Waals surface area contributed by atoms with Gasteiger partial charge in [-0.2, -0.15) is 0 Å². The third-order valence-corrected chi connectivity index (χ3v) is 4.99. The van der Waals surface area contributed by atoms with Gasteiger partial charge in [0.1, 0.15) is 0 Å². The minimum atomic E-state index is 0.205. The van der Waals surface area contributed by atoms with Gasteiger partial charge >= 0.3 is 0 Å². The van der Waals surface area contributed by atoms with Gasteiger partial charge in [0.15, 0.2) is 5.78 Å². The van der Waals surface area contributed by atoms with Gasteiger partial charge in [-0.1, -0.05) is 55.8 Å². The molecule has 1 atom stereocenters. The van der Waals surface area contributed by atoms with Crippen molar-refractivity contribution in [2.75, 3.05) is 0 Å². The normalized spacial score (nSPS) is 12.5. The lowest BCUT2D eigenvalue weighted by atomic mass is 9.91. The largest absolute Gasteiger partial charge is 0.347 e. The first-order chi connectivity index (χ1) is 12.0. The van der Waals surface area contributed by atoms with Crippen molar-refractivity contribution in [3.8, 4) is 0 Å². The summed E-state index contributed by atoms with van der Waals surface area (Å²) in [6.45, 7) is 9.46. The summed E-state index contributed by atoms with van der Waals surface area (Å²) >= 11 is 0. The van der Waals surface area contributed by atoms with Crippen LogP contribution in [0, 0.1) is 13.8 Å². The fourth-order valence-electron chi connectivity index (χ4n) is 3.72. The molecule has 0 aliphatic heterocycles. The van der Waals surface area contributed by atoms with Gasteiger partial charge in [0.05, 0.1) is 0 Å². The molecule has 3 rings (SSSR count). The van der Waals surface area contributed by atoms with E-state index in [1.807, 2.05) is 19.1 Å². The molecule has 2 aromatic carbocycles. The number of carbonyl (C=O) groups excluding carboxylic acids is 1. The molecular weight excluding hydrogens is 306 g/mol. The number of hydrogen-bond acceptors (Lipinski definition) is 1. The first-order valence-corrected chi connectivity index (χ1v) is 9.19. The Morgan fingerprint density at radius 2 is 1.88 bits per heavy atom. The van der Waals surface area contributed by atoms with Crippen LogP contribution in [-0.4, -0.2) is 10.4 Å². The third-order valence-electron chi connectivity index (χ3n) is 4.99. The number of hydrogen-bond donors (Lipinski definition) is 0. The topological polar surface area (TPSA) is 22.0 Å². The van der Waals surface area contributed by atoms with Crippen molar-refractivity contribution in [3.05, 3.63) is 70.9 Å². The summed E-state index contributed by atoms with van der Waals surface area (Å²) in [5.74, 6) is 0.438. The summed E-state index contributed by atoms with van der Waals surface area (Å²) < 4.78 is 2.32. The van der Waals surface area contributed by atoms with Crippen molar-refractivity contribution in [3.63, 3.8) is 0 Å². The molecular formula is C23H27NO. The number of aromatic nitrogens is 1. The summed E-state index contributed by atoms with van der Waals surface area (Å²) in [6.07, 6.45) is 3.89. The summed E-state index contributed by atoms with van der Waals surface area (Å²) in [7, 11) is 0. The lowest BCUT2D eigenvalue weighted by Gasteiger charge is -2.12. The van der Waals surface area contributed by atoms with Crippen molar-refractivity contribution < 1.29 is 4.79 Å². The molecule has 2 nitrogen and oxygen atoms in total. The van der Waals surface area contributed by atoms with Crippen LogP contribution in [-0.2, 0) is 6.54 Å². The van der Waals surface area contributed by atoms with E-state index in [-0.39, 0.29) is 11.7 Å². The van der Waals surface area contributed by atoms with Gasteiger partial charge in [-0.3, -0.25) is 4.79 Å². The summed E-state index contributed by atoms with van der Waals surface area (Å²) in [6, 6.07) is 14.6. The van der Waals surface area contributed by atoms with E-state index in [2.05, 4.69) is 61.9 Å². The molecule has 0 aliphatic carbocycles. The molecule has 0 aliphatic rings. The first kappa shape index (κ1) is 17.5. The van der Waals surface area contributed by atoms with Crippen LogP contribution in [0.2, 0.25) is 0 Å². The number of ketones is 1. The molecule has 0 saturated carbocycles. The van der Waals surface area contributed by atoms with Crippen LogP contribution in [0.3, 0.4) is 0 Å². The van der Waals surface area contributed by atoms with Gasteiger partial charge in [0.25, 0.3) is 0 Å². The van der Waals surface area contributed by atoms with Crippen molar-refractivity contribution >= 4 is 16.7 Å². The molecule has 1 aromatic heterocycles. The fourth-order valence-corrected chi connectivity index (χ4v) is 3.72. The van der Waals surface area contributed by atoms with Crippen LogP contribution in [0.15, 0.2) is 48.7 Å². The van der Waals surface area contributed by atoms with Gasteiger partial charge in [-0.05, 0) is 43.4 Å². The number of benzene rings is 2. The minimum Gasteiger partial charge on any atom is -0.347 e. The predicted molar refractivity (Wildman–Crippen MR) is 106 cm³/mol. The smallest absolute Gasteiger partial charge is 0.163 e. The predicted octanol–water partition coefficient (Wildman–Crippen LogP) is 6.04. The standard InChI is InChI=1S/C23H27NO/c1-5-12-24-15-21(20-8-6-7-9-22(20)24)18(4)14-23(25)19-11-10-16(2)13-17(19)3/h6-11,13,15,18H,5,12,14H2,1-4H3. The van der Waals surface area contributed by atoms with E-state index >= 15 is 0 Å². The highest BCUT2D eigenvalue weighted by Gasteiger charge is 2.18. The molecule has 0 saturated heterocycles. The van der Waals surface area contributed by atoms with Gasteiger partial charge < -0.3 is 4.57 Å². The molecule has 0 bridgehead atoms. The van der Waals surface area contributed by atoms with Crippen LogP contribution in [0.5, 0.6) is 0 Å². The van der Waals surface area contributed by atoms with Crippen LogP contribution in [0.25, 0.3) is 10.9 Å². The van der Waals surface area contributed by atoms with Crippen LogP contribution < -0.4 is 0 Å². The number of rotatable bonds is 6. The molecule has 2 heteroatoms. The molecule has 1 heterocycles. The Balaban J connectivity index is 1.89. The van der Waals surface area contributed by atoms with Crippen LogP contribution in [0.1, 0.15) is 59.7 Å². The molecule has 25 heavy (non-hydrogen) atoms. The third kappa shape index (κ3) is 3.53. The van der Waals surface area contributed by atoms with Crippen molar-refractivity contribution in [2.45, 2.75) is 53.0 Å². The Morgan fingerprint density at radius 1 is 1.12 bits per heavy atom. The van der Waals surface area contributed by atoms with E-state index < -0.39 is 0 Å². The zero-order valence-electron chi connectivity index (χ0n) is 15.7. The number of Topliss-reactive ketones (excluding diaryl/α,β-unsaturated/α-hetero) is 1. The monoisotopic (exact) mass is 333 g/mol. The molecule has 1 unspecified atom stereocenters. The maximum atomic E-state index is 12.8. The Kier molecular flexibility index (Phi) is 5.08. The van der Waals surface area contributed by atoms with E-state index in [4.69, 9.17) is 0 Å². The van der Waals surface area contributed by atoms with E-state index in [0.29, 0.717) is 6.42 Å². The highest BCUT2D eigenvalue weighted by molar-refractivity contribution is 5.98. The molecule has 0 spiro atoms. The van der Waals surface area contributed by atoms with Crippen molar-refractivity contribution in [2.24, 2.45) is 0 Å². The quantitative estimate of drug-likeness (QED) is 0.504. The molecule has 0 amide bonds. The van der Waals surface area contributed by atoms with Crippen molar-refractivity contribution in [1.29, 1.82) is 0 Å². The molecule has 0 radical (unpaired) electrons. The maximum Gasteiger partial charge on any atom is 0.163 e. The lowest BCUT2D eigenvalue weighted by Crippen LogP contribution is -2.07. The number of para-hydroxylation sites is 1. The maximum absolute atomic E-state index is 12.8. The Hall–Kier alpha value is -2.35. The lowest BCUT2D eigenvalue weighted by molar-refractivity contribution is 0.0975. The molecule has 0 N–H and O–H groups in total. The second kappa shape index (κ2) is 7.26. The molecule has 130 valence electrons. The summed E-state index contributed by atoms with van der Waals surface area (Å²) in [5.41, 5.74) is 5.68. The Bertz CT molecular complexity index is 904. The number of aryl methyl sites for hydroxylation is 3. The van der Waals surface area contributed by atoms with E-state index in [1.54, 1.807) is 0 Å². The van der Waals surface area contributed by atoms with Crippen LogP contribution in [0.4, 0.5) is 0 Å². The van der Waals surface area contributed by atoms with Gasteiger partial charge in [0.2, 0.25) is 0 Å². The van der Waals surface area contributed by atoms with E-state index in [0.717, 1.165) is 24.1 Å². The number of carbonyl (C=O) groups is 1. The zero-order valence-corrected chi connectivity index (χ0v) is 15.7. The second-order valence-electron chi connectivity index (χ2n) is 7.14. The first-order valence-electron chi connectivity index (χ1n) is 9.19. The van der Waals surface area contributed by atoms with Gasteiger partial charge in [-0.15, -0.1) is 0 Å². The Morgan fingerprint density at radius 3 is 2.60 bits per heavy atom. The SMILES string of the molecule is CCCn1cc(C(C)CC(=O)c2ccc(C)cc2C)c2ccccc21. The highest BCUT2D eigenvalue weighted by Crippen LogP contribution is 2.31. The van der Waals surface area contributed by atoms with Gasteiger partial charge in [-0.25, -0.2) is 0 Å². The number of nitrogens with zero attached hydrogens (tertiary/aromatic N) is 1. The van der Waals surface area contributed by atoms with Crippen LogP contribution >= 0.6 is 0 Å². The van der Waals surface area contributed by atoms with Crippen molar-refractivity contribution in [1.82, 2.24) is 4.57 Å². The van der Waals surface area contributed by atoms with Gasteiger partial charge in [0, 0.05) is 35.6 Å². The summed E-state index contributed by atoms with van der Waals surface area (Å²) in [4.78, 5) is 12.8. The van der Waals surface area contributed by atoms with E-state index in [9.17, 15) is 4.79 Å². The summed E-state index contributed by atoms with van der Waals surface area (Å²) in [5, 5.41) is 1.27.